The SMILES string of the molecule is CC(N)C(=N)CSc1ccc(OCC(=O)O)c(Cl)c1. The van der Waals surface area contributed by atoms with Crippen LogP contribution in [0.4, 0.5) is 0 Å². The smallest absolute Gasteiger partial charge is 0.341 e. The summed E-state index contributed by atoms with van der Waals surface area (Å²) in [5.41, 5.74) is 6.03. The molecule has 19 heavy (non-hydrogen) atoms. The van der Waals surface area contributed by atoms with Crippen LogP contribution >= 0.6 is 23.4 Å². The predicted molar refractivity (Wildman–Crippen MR) is 76.7 cm³/mol. The third-order valence-electron chi connectivity index (χ3n) is 2.20. The van der Waals surface area contributed by atoms with Gasteiger partial charge in [-0.05, 0) is 25.1 Å². The Bertz CT molecular complexity index is 480. The molecule has 0 spiro atoms. The van der Waals surface area contributed by atoms with Crippen LogP contribution in [-0.2, 0) is 4.79 Å². The summed E-state index contributed by atoms with van der Waals surface area (Å²) in [5.74, 6) is -0.237. The standard InChI is InChI=1S/C12H15ClN2O3S/c1-7(14)10(15)6-19-8-2-3-11(9(13)4-8)18-5-12(16)17/h2-4,7,15H,5-6,14H2,1H3,(H,16,17). The zero-order valence-electron chi connectivity index (χ0n) is 10.4. The molecule has 0 saturated heterocycles. The van der Waals surface area contributed by atoms with Crippen molar-refractivity contribution in [3.63, 3.8) is 0 Å². The van der Waals surface area contributed by atoms with Crippen LogP contribution in [-0.4, -0.2) is 35.2 Å². The molecule has 0 bridgehead atoms. The maximum absolute atomic E-state index is 10.4. The zero-order valence-corrected chi connectivity index (χ0v) is 11.9. The maximum atomic E-state index is 10.4. The first kappa shape index (κ1) is 15.8. The molecule has 0 fully saturated rings. The molecule has 0 radical (unpaired) electrons. The van der Waals surface area contributed by atoms with E-state index in [1.165, 1.54) is 11.8 Å². The predicted octanol–water partition coefficient (Wildman–Crippen LogP) is 2.26. The van der Waals surface area contributed by atoms with E-state index >= 15 is 0 Å². The molecule has 5 nitrogen and oxygen atoms in total. The van der Waals surface area contributed by atoms with Crippen LogP contribution in [0.1, 0.15) is 6.92 Å². The Kier molecular flexibility index (Phi) is 6.14. The summed E-state index contributed by atoms with van der Waals surface area (Å²) in [4.78, 5) is 11.3. The second-order valence-corrected chi connectivity index (χ2v) is 5.33. The van der Waals surface area contributed by atoms with E-state index in [9.17, 15) is 4.79 Å². The van der Waals surface area contributed by atoms with Crippen molar-refractivity contribution in [3.05, 3.63) is 23.2 Å². The minimum atomic E-state index is -1.06. The van der Waals surface area contributed by atoms with Crippen molar-refractivity contribution >= 4 is 35.0 Å². The van der Waals surface area contributed by atoms with Crippen LogP contribution in [0.15, 0.2) is 23.1 Å². The summed E-state index contributed by atoms with van der Waals surface area (Å²) in [5, 5.41) is 16.5. The zero-order chi connectivity index (χ0) is 14.4. The number of ether oxygens (including phenoxy) is 1. The molecule has 1 unspecified atom stereocenters. The number of nitrogens with two attached hydrogens (primary N) is 1. The maximum Gasteiger partial charge on any atom is 0.341 e. The fourth-order valence-corrected chi connectivity index (χ4v) is 2.37. The summed E-state index contributed by atoms with van der Waals surface area (Å²) < 4.78 is 5.01. The summed E-state index contributed by atoms with van der Waals surface area (Å²) in [6, 6.07) is 4.80. The van der Waals surface area contributed by atoms with Crippen LogP contribution < -0.4 is 10.5 Å². The van der Waals surface area contributed by atoms with Crippen molar-refractivity contribution < 1.29 is 14.6 Å². The van der Waals surface area contributed by atoms with Crippen LogP contribution in [0, 0.1) is 5.41 Å². The Morgan fingerprint density at radius 2 is 2.32 bits per heavy atom. The van der Waals surface area contributed by atoms with Gasteiger partial charge >= 0.3 is 5.97 Å². The lowest BCUT2D eigenvalue weighted by Gasteiger charge is -2.09. The average Bonchev–Trinajstić information content (AvgIpc) is 2.34. The quantitative estimate of drug-likeness (QED) is 0.530. The van der Waals surface area contributed by atoms with Crippen molar-refractivity contribution in [2.45, 2.75) is 17.9 Å². The highest BCUT2D eigenvalue weighted by Crippen LogP contribution is 2.30. The number of aliphatic carboxylic acids is 1. The number of thioether (sulfide) groups is 1. The molecule has 0 aliphatic carbocycles. The lowest BCUT2D eigenvalue weighted by Crippen LogP contribution is -2.27. The Balaban J connectivity index is 2.61. The highest BCUT2D eigenvalue weighted by Gasteiger charge is 2.08. The number of carboxylic acid groups (broad SMARTS) is 1. The van der Waals surface area contributed by atoms with Gasteiger partial charge in [0.05, 0.1) is 5.02 Å². The summed E-state index contributed by atoms with van der Waals surface area (Å²) in [6.07, 6.45) is 0. The second-order valence-electron chi connectivity index (χ2n) is 3.88. The minimum Gasteiger partial charge on any atom is -0.480 e. The van der Waals surface area contributed by atoms with E-state index < -0.39 is 12.6 Å². The molecule has 7 heteroatoms. The molecular formula is C12H15ClN2O3S. The Hall–Kier alpha value is -1.24. The van der Waals surface area contributed by atoms with Crippen molar-refractivity contribution in [2.24, 2.45) is 5.73 Å². The normalized spacial score (nSPS) is 11.9. The molecule has 4 N–H and O–H groups in total. The molecule has 0 aliphatic heterocycles. The third kappa shape index (κ3) is 5.50. The van der Waals surface area contributed by atoms with Gasteiger partial charge in [-0.3, -0.25) is 0 Å². The van der Waals surface area contributed by atoms with Crippen molar-refractivity contribution in [1.82, 2.24) is 0 Å². The fraction of sp³-hybridized carbons (Fsp3) is 0.333. The Labute approximate surface area is 120 Å². The van der Waals surface area contributed by atoms with Crippen LogP contribution in [0.3, 0.4) is 0 Å². The average molecular weight is 303 g/mol. The number of carboxylic acids is 1. The molecule has 0 aliphatic rings. The van der Waals surface area contributed by atoms with Crippen LogP contribution in [0.5, 0.6) is 5.75 Å². The molecule has 0 heterocycles. The number of rotatable bonds is 7. The molecule has 0 amide bonds. The first-order valence-electron chi connectivity index (χ1n) is 5.50. The van der Waals surface area contributed by atoms with Gasteiger partial charge in [0.15, 0.2) is 6.61 Å². The second kappa shape index (κ2) is 7.37. The van der Waals surface area contributed by atoms with E-state index in [-0.39, 0.29) is 6.04 Å². The molecule has 0 saturated carbocycles. The largest absolute Gasteiger partial charge is 0.480 e. The number of hydrogen-bond acceptors (Lipinski definition) is 5. The number of carbonyl (C=O) groups is 1. The fourth-order valence-electron chi connectivity index (χ4n) is 1.12. The Morgan fingerprint density at radius 1 is 1.63 bits per heavy atom. The van der Waals surface area contributed by atoms with E-state index in [2.05, 4.69) is 0 Å². The lowest BCUT2D eigenvalue weighted by molar-refractivity contribution is -0.139. The van der Waals surface area contributed by atoms with E-state index in [4.69, 9.17) is 32.6 Å². The van der Waals surface area contributed by atoms with Crippen molar-refractivity contribution in [3.8, 4) is 5.75 Å². The van der Waals surface area contributed by atoms with E-state index in [1.54, 1.807) is 25.1 Å². The molecule has 0 aromatic heterocycles. The third-order valence-corrected chi connectivity index (χ3v) is 3.54. The number of hydrogen-bond donors (Lipinski definition) is 3. The van der Waals surface area contributed by atoms with Crippen molar-refractivity contribution in [2.75, 3.05) is 12.4 Å². The van der Waals surface area contributed by atoms with Gasteiger partial charge in [-0.1, -0.05) is 11.6 Å². The van der Waals surface area contributed by atoms with Gasteiger partial charge in [-0.25, -0.2) is 4.79 Å². The molecular weight excluding hydrogens is 288 g/mol. The van der Waals surface area contributed by atoms with Gasteiger partial charge in [0.1, 0.15) is 5.75 Å². The molecule has 1 aromatic carbocycles. The lowest BCUT2D eigenvalue weighted by atomic mass is 10.2. The van der Waals surface area contributed by atoms with Crippen LogP contribution in [0.2, 0.25) is 5.02 Å². The van der Waals surface area contributed by atoms with Crippen molar-refractivity contribution in [1.29, 1.82) is 5.41 Å². The molecule has 1 aromatic rings. The Morgan fingerprint density at radius 3 is 2.84 bits per heavy atom. The number of nitrogens with one attached hydrogen (secondary N) is 1. The minimum absolute atomic E-state index is 0.263. The molecule has 1 rings (SSSR count). The first-order chi connectivity index (χ1) is 8.90. The molecule has 1 atom stereocenters. The summed E-state index contributed by atoms with van der Waals surface area (Å²) in [7, 11) is 0. The van der Waals surface area contributed by atoms with Gasteiger partial charge in [-0.15, -0.1) is 11.8 Å². The first-order valence-corrected chi connectivity index (χ1v) is 6.86. The van der Waals surface area contributed by atoms with Gasteiger partial charge in [0.25, 0.3) is 0 Å². The van der Waals surface area contributed by atoms with Gasteiger partial charge < -0.3 is 21.0 Å². The van der Waals surface area contributed by atoms with Gasteiger partial charge in [-0.2, -0.15) is 0 Å². The van der Waals surface area contributed by atoms with E-state index in [1.807, 2.05) is 0 Å². The topological polar surface area (TPSA) is 96.4 Å². The molecule has 104 valence electrons. The van der Waals surface area contributed by atoms with E-state index in [0.717, 1.165) is 4.90 Å². The van der Waals surface area contributed by atoms with E-state index in [0.29, 0.717) is 22.2 Å². The summed E-state index contributed by atoms with van der Waals surface area (Å²) in [6.45, 7) is 1.33. The monoisotopic (exact) mass is 302 g/mol. The highest BCUT2D eigenvalue weighted by atomic mass is 35.5. The number of benzene rings is 1. The summed E-state index contributed by atoms with van der Waals surface area (Å²) >= 11 is 7.42. The van der Waals surface area contributed by atoms with Gasteiger partial charge in [0, 0.05) is 22.4 Å². The van der Waals surface area contributed by atoms with Crippen LogP contribution in [0.25, 0.3) is 0 Å². The van der Waals surface area contributed by atoms with Gasteiger partial charge in [0.2, 0.25) is 0 Å². The highest BCUT2D eigenvalue weighted by molar-refractivity contribution is 8.00. The number of halogens is 1.